The molecule has 49 heavy (non-hydrogen) atoms. The molecular formula is C39H76NO8P. The quantitative estimate of drug-likeness (QED) is 0.0207. The van der Waals surface area contributed by atoms with Gasteiger partial charge in [-0.05, 0) is 38.5 Å². The van der Waals surface area contributed by atoms with Crippen LogP contribution in [0.15, 0.2) is 12.2 Å². The maximum atomic E-state index is 12.6. The summed E-state index contributed by atoms with van der Waals surface area (Å²) in [5.41, 5.74) is 0. The van der Waals surface area contributed by atoms with Gasteiger partial charge in [-0.15, -0.1) is 0 Å². The second kappa shape index (κ2) is 32.6. The standard InChI is InChI=1S/C39H76NO8P/c1-6-8-10-12-14-16-18-19-20-22-23-25-27-29-31-38(41)45-35-37(36-47-49(43,44)46-34-33-40(3,4)5)48-39(42)32-30-28-26-24-21-17-15-13-11-9-7-2/h18-19,37H,6-17,20-36H2,1-5H3/b19-18-/t37-/m1/s1. The molecule has 0 saturated heterocycles. The number of phosphoric ester groups is 1. The first-order chi connectivity index (χ1) is 23.5. The zero-order valence-corrected chi connectivity index (χ0v) is 33.3. The van der Waals surface area contributed by atoms with E-state index >= 15 is 0 Å². The summed E-state index contributed by atoms with van der Waals surface area (Å²) in [6.07, 6.45) is 30.9. The summed E-state index contributed by atoms with van der Waals surface area (Å²) in [5, 5.41) is 0. The van der Waals surface area contributed by atoms with Crippen molar-refractivity contribution in [2.24, 2.45) is 0 Å². The van der Waals surface area contributed by atoms with E-state index in [1.54, 1.807) is 0 Å². The van der Waals surface area contributed by atoms with Crippen molar-refractivity contribution < 1.29 is 42.1 Å². The van der Waals surface area contributed by atoms with Crippen molar-refractivity contribution in [2.45, 2.75) is 180 Å². The third-order valence-electron chi connectivity index (χ3n) is 8.54. The molecule has 0 heterocycles. The Morgan fingerprint density at radius 1 is 0.612 bits per heavy atom. The molecule has 0 aromatic heterocycles. The molecule has 0 bridgehead atoms. The number of unbranched alkanes of at least 4 members (excludes halogenated alkanes) is 20. The number of rotatable bonds is 36. The molecule has 0 spiro atoms. The summed E-state index contributed by atoms with van der Waals surface area (Å²) >= 11 is 0. The van der Waals surface area contributed by atoms with E-state index in [9.17, 15) is 19.0 Å². The Kier molecular flexibility index (Phi) is 31.8. The molecule has 0 aromatic rings. The lowest BCUT2D eigenvalue weighted by molar-refractivity contribution is -0.870. The van der Waals surface area contributed by atoms with Crippen molar-refractivity contribution in [1.82, 2.24) is 0 Å². The molecule has 0 saturated carbocycles. The Hall–Kier alpha value is -1.25. The van der Waals surface area contributed by atoms with E-state index in [2.05, 4.69) is 26.0 Å². The number of likely N-dealkylation sites (N-methyl/N-ethyl adjacent to an activating group) is 1. The molecule has 0 aromatic carbocycles. The van der Waals surface area contributed by atoms with E-state index in [0.29, 0.717) is 17.4 Å². The number of nitrogens with zero attached hydrogens (tertiary/aromatic N) is 1. The highest BCUT2D eigenvalue weighted by atomic mass is 31.2. The van der Waals surface area contributed by atoms with Crippen molar-refractivity contribution in [3.05, 3.63) is 12.2 Å². The number of ether oxygens (including phenoxy) is 2. The molecule has 0 N–H and O–H groups in total. The minimum atomic E-state index is -4.61. The average molecular weight is 718 g/mol. The molecule has 290 valence electrons. The highest BCUT2D eigenvalue weighted by Gasteiger charge is 2.21. The van der Waals surface area contributed by atoms with Gasteiger partial charge in [-0.25, -0.2) is 0 Å². The van der Waals surface area contributed by atoms with Crippen molar-refractivity contribution >= 4 is 19.8 Å². The van der Waals surface area contributed by atoms with Crippen molar-refractivity contribution in [2.75, 3.05) is 47.5 Å². The fraction of sp³-hybridized carbons (Fsp3) is 0.897. The van der Waals surface area contributed by atoms with Crippen LogP contribution in [0.1, 0.15) is 174 Å². The third kappa shape index (κ3) is 36.3. The number of allylic oxidation sites excluding steroid dienone is 2. The van der Waals surface area contributed by atoms with E-state index in [-0.39, 0.29) is 26.1 Å². The van der Waals surface area contributed by atoms with Crippen LogP contribution in [0.5, 0.6) is 0 Å². The number of hydrogen-bond donors (Lipinski definition) is 0. The third-order valence-corrected chi connectivity index (χ3v) is 9.50. The first-order valence-electron chi connectivity index (χ1n) is 19.9. The van der Waals surface area contributed by atoms with Crippen molar-refractivity contribution in [3.8, 4) is 0 Å². The zero-order valence-electron chi connectivity index (χ0n) is 32.4. The van der Waals surface area contributed by atoms with Gasteiger partial charge < -0.3 is 27.9 Å². The lowest BCUT2D eigenvalue weighted by Crippen LogP contribution is -2.37. The van der Waals surface area contributed by atoms with E-state index < -0.39 is 32.5 Å². The van der Waals surface area contributed by atoms with Crippen LogP contribution in [-0.2, 0) is 32.7 Å². The molecule has 0 amide bonds. The van der Waals surface area contributed by atoms with E-state index in [0.717, 1.165) is 51.4 Å². The van der Waals surface area contributed by atoms with Gasteiger partial charge in [0.05, 0.1) is 27.7 Å². The van der Waals surface area contributed by atoms with Crippen LogP contribution in [0.3, 0.4) is 0 Å². The van der Waals surface area contributed by atoms with Gasteiger partial charge >= 0.3 is 11.9 Å². The molecule has 0 aliphatic heterocycles. The van der Waals surface area contributed by atoms with E-state index in [4.69, 9.17) is 18.5 Å². The van der Waals surface area contributed by atoms with Gasteiger partial charge in [0, 0.05) is 12.8 Å². The topological polar surface area (TPSA) is 111 Å². The predicted octanol–water partition coefficient (Wildman–Crippen LogP) is 10.00. The maximum Gasteiger partial charge on any atom is 0.306 e. The molecule has 0 aliphatic carbocycles. The molecule has 2 atom stereocenters. The Bertz CT molecular complexity index is 860. The van der Waals surface area contributed by atoms with Gasteiger partial charge in [0.2, 0.25) is 0 Å². The lowest BCUT2D eigenvalue weighted by Gasteiger charge is -2.28. The molecule has 0 fully saturated rings. The fourth-order valence-electron chi connectivity index (χ4n) is 5.35. The Morgan fingerprint density at radius 2 is 1.04 bits per heavy atom. The molecule has 10 heteroatoms. The molecule has 0 radical (unpaired) electrons. The molecule has 9 nitrogen and oxygen atoms in total. The first-order valence-corrected chi connectivity index (χ1v) is 21.4. The van der Waals surface area contributed by atoms with Crippen LogP contribution in [0.25, 0.3) is 0 Å². The van der Waals surface area contributed by atoms with Crippen LogP contribution in [-0.4, -0.2) is 70.0 Å². The normalized spacial score (nSPS) is 13.8. The maximum absolute atomic E-state index is 12.6. The minimum absolute atomic E-state index is 0.0293. The summed E-state index contributed by atoms with van der Waals surface area (Å²) in [4.78, 5) is 37.3. The first kappa shape index (κ1) is 47.8. The lowest BCUT2D eigenvalue weighted by atomic mass is 10.1. The zero-order chi connectivity index (χ0) is 36.5. The summed E-state index contributed by atoms with van der Waals surface area (Å²) in [6.45, 7) is 4.20. The highest BCUT2D eigenvalue weighted by molar-refractivity contribution is 7.45. The molecule has 0 aliphatic rings. The number of hydrogen-bond acceptors (Lipinski definition) is 8. The highest BCUT2D eigenvalue weighted by Crippen LogP contribution is 2.38. The number of quaternary nitrogens is 1. The molecule has 0 rings (SSSR count). The van der Waals surface area contributed by atoms with Crippen LogP contribution in [0.2, 0.25) is 0 Å². The number of carbonyl (C=O) groups is 2. The minimum Gasteiger partial charge on any atom is -0.756 e. The van der Waals surface area contributed by atoms with Crippen LogP contribution in [0.4, 0.5) is 0 Å². The smallest absolute Gasteiger partial charge is 0.306 e. The van der Waals surface area contributed by atoms with Crippen molar-refractivity contribution in [3.63, 3.8) is 0 Å². The van der Waals surface area contributed by atoms with Gasteiger partial charge in [0.1, 0.15) is 19.8 Å². The summed E-state index contributed by atoms with van der Waals surface area (Å²) in [5.74, 6) is -0.841. The summed E-state index contributed by atoms with van der Waals surface area (Å²) in [7, 11) is 1.17. The van der Waals surface area contributed by atoms with Gasteiger partial charge in [-0.2, -0.15) is 0 Å². The number of esters is 2. The van der Waals surface area contributed by atoms with Gasteiger partial charge in [0.15, 0.2) is 6.10 Å². The van der Waals surface area contributed by atoms with Crippen molar-refractivity contribution in [1.29, 1.82) is 0 Å². The van der Waals surface area contributed by atoms with Gasteiger partial charge in [-0.3, -0.25) is 14.2 Å². The second-order valence-corrected chi connectivity index (χ2v) is 16.1. The molecular weight excluding hydrogens is 641 g/mol. The van der Waals surface area contributed by atoms with Crippen LogP contribution < -0.4 is 4.89 Å². The Balaban J connectivity index is 4.41. The van der Waals surface area contributed by atoms with Gasteiger partial charge in [0.25, 0.3) is 7.82 Å². The predicted molar refractivity (Wildman–Crippen MR) is 199 cm³/mol. The Labute approximate surface area is 301 Å². The number of phosphoric acid groups is 1. The average Bonchev–Trinajstić information content (AvgIpc) is 3.04. The van der Waals surface area contributed by atoms with Crippen LogP contribution >= 0.6 is 7.82 Å². The van der Waals surface area contributed by atoms with E-state index in [1.807, 2.05) is 21.1 Å². The largest absolute Gasteiger partial charge is 0.756 e. The van der Waals surface area contributed by atoms with E-state index in [1.165, 1.54) is 89.9 Å². The second-order valence-electron chi connectivity index (χ2n) is 14.7. The monoisotopic (exact) mass is 718 g/mol. The number of carbonyl (C=O) groups excluding carboxylic acids is 2. The van der Waals surface area contributed by atoms with Crippen LogP contribution in [0, 0.1) is 0 Å². The molecule has 1 unspecified atom stereocenters. The summed E-state index contributed by atoms with van der Waals surface area (Å²) in [6, 6.07) is 0. The fourth-order valence-corrected chi connectivity index (χ4v) is 6.08. The SMILES string of the molecule is CCCCCCC/C=C\CCCCCCCC(=O)OC[C@H](COP(=O)([O-])OCC[N+](C)(C)C)OC(=O)CCCCCCCCCCCCC. The van der Waals surface area contributed by atoms with Gasteiger partial charge in [-0.1, -0.05) is 135 Å². The Morgan fingerprint density at radius 3 is 1.51 bits per heavy atom. The summed E-state index contributed by atoms with van der Waals surface area (Å²) < 4.78 is 33.7.